The Morgan fingerprint density at radius 1 is 1.33 bits per heavy atom. The van der Waals surface area contributed by atoms with Crippen LogP contribution in [0.4, 0.5) is 0 Å². The lowest BCUT2D eigenvalue weighted by Crippen LogP contribution is -2.62. The first kappa shape index (κ1) is 14.5. The average molecular weight is 287 g/mol. The standard InChI is InChI=1S/C17H25N3O/c1-21-12-4-9-18-16-17(20-11-10-19-16)8-7-14-5-2-3-6-15(14)13-17/h2-3,5-6,20H,4,7-13H2,1H3,(H,18,19). The van der Waals surface area contributed by atoms with E-state index in [-0.39, 0.29) is 5.54 Å². The molecule has 1 spiro atoms. The molecular formula is C17H25N3O. The van der Waals surface area contributed by atoms with Crippen LogP contribution in [0.25, 0.3) is 0 Å². The number of fused-ring (bicyclic) bond motifs is 1. The van der Waals surface area contributed by atoms with Crippen molar-refractivity contribution in [3.63, 3.8) is 0 Å². The maximum absolute atomic E-state index is 5.12. The van der Waals surface area contributed by atoms with Gasteiger partial charge in [-0.2, -0.15) is 0 Å². The minimum Gasteiger partial charge on any atom is -0.385 e. The van der Waals surface area contributed by atoms with Crippen LogP contribution in [0.2, 0.25) is 0 Å². The average Bonchev–Trinajstić information content (AvgIpc) is 2.53. The zero-order valence-electron chi connectivity index (χ0n) is 12.8. The number of aliphatic imine (C=N–C) groups is 1. The summed E-state index contributed by atoms with van der Waals surface area (Å²) in [5.41, 5.74) is 2.97. The molecule has 0 fully saturated rings. The van der Waals surface area contributed by atoms with E-state index in [1.165, 1.54) is 11.1 Å². The number of hydrogen-bond acceptors (Lipinski definition) is 4. The summed E-state index contributed by atoms with van der Waals surface area (Å²) in [6, 6.07) is 8.80. The zero-order chi connectivity index (χ0) is 14.5. The summed E-state index contributed by atoms with van der Waals surface area (Å²) in [5.74, 6) is 1.15. The van der Waals surface area contributed by atoms with E-state index >= 15 is 0 Å². The van der Waals surface area contributed by atoms with E-state index < -0.39 is 0 Å². The Morgan fingerprint density at radius 3 is 3.05 bits per heavy atom. The fourth-order valence-corrected chi connectivity index (χ4v) is 3.43. The number of methoxy groups -OCH3 is 1. The van der Waals surface area contributed by atoms with Crippen LogP contribution in [0.1, 0.15) is 24.0 Å². The second-order valence-electron chi connectivity index (χ2n) is 5.96. The Bertz CT molecular complexity index is 515. The number of rotatable bonds is 4. The number of aryl methyl sites for hydroxylation is 1. The van der Waals surface area contributed by atoms with Gasteiger partial charge < -0.3 is 15.4 Å². The number of nitrogens with one attached hydrogen (secondary N) is 2. The molecule has 1 heterocycles. The monoisotopic (exact) mass is 287 g/mol. The molecule has 4 heteroatoms. The van der Waals surface area contributed by atoms with Gasteiger partial charge in [0.05, 0.1) is 12.1 Å². The maximum Gasteiger partial charge on any atom is 0.117 e. The highest BCUT2D eigenvalue weighted by Gasteiger charge is 2.40. The van der Waals surface area contributed by atoms with Crippen LogP contribution >= 0.6 is 0 Å². The van der Waals surface area contributed by atoms with Gasteiger partial charge in [0.15, 0.2) is 0 Å². The molecule has 0 amide bonds. The number of benzene rings is 1. The van der Waals surface area contributed by atoms with Crippen molar-refractivity contribution < 1.29 is 4.74 Å². The van der Waals surface area contributed by atoms with Crippen molar-refractivity contribution >= 4 is 5.84 Å². The first-order valence-corrected chi connectivity index (χ1v) is 7.94. The smallest absolute Gasteiger partial charge is 0.117 e. The van der Waals surface area contributed by atoms with Crippen LogP contribution in [0, 0.1) is 0 Å². The van der Waals surface area contributed by atoms with Gasteiger partial charge in [0.25, 0.3) is 0 Å². The van der Waals surface area contributed by atoms with Crippen molar-refractivity contribution in [2.24, 2.45) is 4.99 Å². The molecule has 114 valence electrons. The summed E-state index contributed by atoms with van der Waals surface area (Å²) >= 11 is 0. The molecular weight excluding hydrogens is 262 g/mol. The number of nitrogens with zero attached hydrogens (tertiary/aromatic N) is 1. The Kier molecular flexibility index (Phi) is 4.56. The minimum atomic E-state index is 0.0136. The molecule has 1 aromatic carbocycles. The highest BCUT2D eigenvalue weighted by molar-refractivity contribution is 5.93. The van der Waals surface area contributed by atoms with E-state index in [2.05, 4.69) is 34.9 Å². The molecule has 2 N–H and O–H groups in total. The summed E-state index contributed by atoms with van der Waals surface area (Å²) in [4.78, 5) is 4.78. The third-order valence-corrected chi connectivity index (χ3v) is 4.55. The van der Waals surface area contributed by atoms with E-state index in [1.807, 2.05) is 0 Å². The van der Waals surface area contributed by atoms with Crippen molar-refractivity contribution in [1.82, 2.24) is 10.6 Å². The van der Waals surface area contributed by atoms with Crippen LogP contribution in [-0.2, 0) is 17.6 Å². The fourth-order valence-electron chi connectivity index (χ4n) is 3.43. The predicted octanol–water partition coefficient (Wildman–Crippen LogP) is 1.54. The third-order valence-electron chi connectivity index (χ3n) is 4.55. The molecule has 1 aliphatic carbocycles. The summed E-state index contributed by atoms with van der Waals surface area (Å²) < 4.78 is 5.12. The molecule has 1 aromatic rings. The number of ether oxygens (including phenoxy) is 1. The van der Waals surface area contributed by atoms with Crippen LogP contribution in [0.5, 0.6) is 0 Å². The molecule has 0 radical (unpaired) electrons. The van der Waals surface area contributed by atoms with Crippen molar-refractivity contribution in [2.45, 2.75) is 31.2 Å². The molecule has 21 heavy (non-hydrogen) atoms. The zero-order valence-corrected chi connectivity index (χ0v) is 12.8. The molecule has 1 aliphatic heterocycles. The van der Waals surface area contributed by atoms with Crippen LogP contribution in [0.3, 0.4) is 0 Å². The Balaban J connectivity index is 1.73. The largest absolute Gasteiger partial charge is 0.385 e. The highest BCUT2D eigenvalue weighted by atomic mass is 16.5. The van der Waals surface area contributed by atoms with Gasteiger partial charge in [0.2, 0.25) is 0 Å². The van der Waals surface area contributed by atoms with Crippen molar-refractivity contribution in [2.75, 3.05) is 33.4 Å². The molecule has 2 aliphatic rings. The quantitative estimate of drug-likeness (QED) is 0.826. The van der Waals surface area contributed by atoms with E-state index in [4.69, 9.17) is 9.73 Å². The molecule has 0 saturated heterocycles. The summed E-state index contributed by atoms with van der Waals surface area (Å²) in [5, 5.41) is 7.30. The second kappa shape index (κ2) is 6.58. The van der Waals surface area contributed by atoms with Gasteiger partial charge in [-0.05, 0) is 36.8 Å². The summed E-state index contributed by atoms with van der Waals surface area (Å²) in [6.45, 7) is 3.57. The fraction of sp³-hybridized carbons (Fsp3) is 0.588. The van der Waals surface area contributed by atoms with Gasteiger partial charge >= 0.3 is 0 Å². The lowest BCUT2D eigenvalue weighted by Gasteiger charge is -2.42. The summed E-state index contributed by atoms with van der Waals surface area (Å²) in [6.07, 6.45) is 4.31. The van der Waals surface area contributed by atoms with Crippen molar-refractivity contribution in [3.05, 3.63) is 35.4 Å². The number of amidine groups is 1. The van der Waals surface area contributed by atoms with Gasteiger partial charge in [-0.15, -0.1) is 0 Å². The van der Waals surface area contributed by atoms with Crippen molar-refractivity contribution in [1.29, 1.82) is 0 Å². The van der Waals surface area contributed by atoms with E-state index in [0.717, 1.165) is 57.8 Å². The van der Waals surface area contributed by atoms with E-state index in [9.17, 15) is 0 Å². The van der Waals surface area contributed by atoms with Crippen molar-refractivity contribution in [3.8, 4) is 0 Å². The van der Waals surface area contributed by atoms with Crippen LogP contribution in [0.15, 0.2) is 29.3 Å². The Labute approximate surface area is 127 Å². The molecule has 1 unspecified atom stereocenters. The third kappa shape index (κ3) is 3.11. The first-order valence-electron chi connectivity index (χ1n) is 7.94. The maximum atomic E-state index is 5.12. The number of hydrogen-bond donors (Lipinski definition) is 2. The Morgan fingerprint density at radius 2 is 2.19 bits per heavy atom. The van der Waals surface area contributed by atoms with Gasteiger partial charge in [-0.1, -0.05) is 24.3 Å². The molecule has 0 aromatic heterocycles. The SMILES string of the molecule is COCCCNC1=NCCNC12CCc1ccccc1C2. The minimum absolute atomic E-state index is 0.0136. The molecule has 3 rings (SSSR count). The first-order chi connectivity index (χ1) is 10.3. The Hall–Kier alpha value is -1.39. The highest BCUT2D eigenvalue weighted by Crippen LogP contribution is 2.30. The predicted molar refractivity (Wildman–Crippen MR) is 86.0 cm³/mol. The van der Waals surface area contributed by atoms with Crippen LogP contribution < -0.4 is 10.6 Å². The molecule has 4 nitrogen and oxygen atoms in total. The van der Waals surface area contributed by atoms with E-state index in [0.29, 0.717) is 0 Å². The van der Waals surface area contributed by atoms with Gasteiger partial charge in [0, 0.05) is 26.8 Å². The lowest BCUT2D eigenvalue weighted by molar-refractivity contribution is 0.195. The van der Waals surface area contributed by atoms with Gasteiger partial charge in [-0.3, -0.25) is 4.99 Å². The molecule has 0 bridgehead atoms. The normalized spacial score (nSPS) is 24.5. The van der Waals surface area contributed by atoms with E-state index in [1.54, 1.807) is 7.11 Å². The molecule has 0 saturated carbocycles. The second-order valence-corrected chi connectivity index (χ2v) is 5.96. The lowest BCUT2D eigenvalue weighted by atomic mass is 9.76. The van der Waals surface area contributed by atoms with Gasteiger partial charge in [0.1, 0.15) is 5.84 Å². The summed E-state index contributed by atoms with van der Waals surface area (Å²) in [7, 11) is 1.75. The molecule has 1 atom stereocenters. The topological polar surface area (TPSA) is 45.6 Å². The van der Waals surface area contributed by atoms with Crippen LogP contribution in [-0.4, -0.2) is 44.7 Å². The van der Waals surface area contributed by atoms with Gasteiger partial charge in [-0.25, -0.2) is 0 Å².